The third kappa shape index (κ3) is 2.85. The number of aliphatic hydroxyl groups excluding tert-OH is 1. The smallest absolute Gasteiger partial charge is 0.137 e. The number of hydrogen-bond acceptors (Lipinski definition) is 2. The van der Waals surface area contributed by atoms with Crippen LogP contribution in [-0.2, 0) is 0 Å². The van der Waals surface area contributed by atoms with Gasteiger partial charge in [0.15, 0.2) is 0 Å². The molecule has 0 radical (unpaired) electrons. The van der Waals surface area contributed by atoms with Crippen LogP contribution in [0.3, 0.4) is 0 Å². The van der Waals surface area contributed by atoms with E-state index in [-0.39, 0.29) is 5.56 Å². The SMILES string of the molecule is COc1ccc(C(O)c2ccc(F)cc2F)cc1Cl. The van der Waals surface area contributed by atoms with E-state index in [1.165, 1.54) is 19.2 Å². The molecule has 0 spiro atoms. The Morgan fingerprint density at radius 3 is 2.47 bits per heavy atom. The highest BCUT2D eigenvalue weighted by Crippen LogP contribution is 2.31. The van der Waals surface area contributed by atoms with Crippen LogP contribution in [0.1, 0.15) is 17.2 Å². The van der Waals surface area contributed by atoms with Gasteiger partial charge in [-0.25, -0.2) is 8.78 Å². The van der Waals surface area contributed by atoms with Gasteiger partial charge in [-0.3, -0.25) is 0 Å². The van der Waals surface area contributed by atoms with Crippen molar-refractivity contribution in [3.05, 3.63) is 64.2 Å². The Morgan fingerprint density at radius 1 is 1.16 bits per heavy atom. The summed E-state index contributed by atoms with van der Waals surface area (Å²) in [7, 11) is 1.47. The molecule has 0 saturated heterocycles. The average molecular weight is 285 g/mol. The van der Waals surface area contributed by atoms with Crippen molar-refractivity contribution in [3.8, 4) is 5.75 Å². The van der Waals surface area contributed by atoms with Crippen LogP contribution in [0.15, 0.2) is 36.4 Å². The Morgan fingerprint density at radius 2 is 1.89 bits per heavy atom. The number of ether oxygens (including phenoxy) is 1. The van der Waals surface area contributed by atoms with Gasteiger partial charge in [0.25, 0.3) is 0 Å². The lowest BCUT2D eigenvalue weighted by Gasteiger charge is -2.14. The van der Waals surface area contributed by atoms with Crippen LogP contribution in [0.2, 0.25) is 5.02 Å². The summed E-state index contributed by atoms with van der Waals surface area (Å²) >= 11 is 5.94. The maximum absolute atomic E-state index is 13.6. The zero-order valence-corrected chi connectivity index (χ0v) is 10.8. The number of benzene rings is 2. The third-order valence-corrected chi connectivity index (χ3v) is 3.04. The van der Waals surface area contributed by atoms with Crippen molar-refractivity contribution in [1.82, 2.24) is 0 Å². The molecule has 0 bridgehead atoms. The van der Waals surface area contributed by atoms with E-state index in [9.17, 15) is 13.9 Å². The number of rotatable bonds is 3. The molecule has 0 heterocycles. The predicted octanol–water partition coefficient (Wildman–Crippen LogP) is 3.71. The van der Waals surface area contributed by atoms with Crippen LogP contribution < -0.4 is 4.74 Å². The van der Waals surface area contributed by atoms with Crippen LogP contribution >= 0.6 is 11.6 Å². The maximum atomic E-state index is 13.6. The molecule has 1 N–H and O–H groups in total. The van der Waals surface area contributed by atoms with Crippen molar-refractivity contribution in [3.63, 3.8) is 0 Å². The summed E-state index contributed by atoms with van der Waals surface area (Å²) in [4.78, 5) is 0. The zero-order chi connectivity index (χ0) is 14.0. The van der Waals surface area contributed by atoms with Crippen molar-refractivity contribution in [2.75, 3.05) is 7.11 Å². The maximum Gasteiger partial charge on any atom is 0.137 e. The first-order valence-corrected chi connectivity index (χ1v) is 5.87. The predicted molar refractivity (Wildman–Crippen MR) is 68.4 cm³/mol. The van der Waals surface area contributed by atoms with Crippen LogP contribution in [0.5, 0.6) is 5.75 Å². The lowest BCUT2D eigenvalue weighted by atomic mass is 10.0. The second-order valence-corrected chi connectivity index (χ2v) is 4.37. The Kier molecular flexibility index (Phi) is 4.02. The van der Waals surface area contributed by atoms with Gasteiger partial charge in [0, 0.05) is 11.6 Å². The molecule has 0 aliphatic carbocycles. The standard InChI is InChI=1S/C14H11ClF2O2/c1-19-13-5-2-8(6-11(13)15)14(18)10-4-3-9(16)7-12(10)17/h2-7,14,18H,1H3. The molecule has 0 aliphatic heterocycles. The van der Waals surface area contributed by atoms with Crippen LogP contribution in [0, 0.1) is 11.6 Å². The van der Waals surface area contributed by atoms with E-state index in [4.69, 9.17) is 16.3 Å². The van der Waals surface area contributed by atoms with Gasteiger partial charge in [0.2, 0.25) is 0 Å². The minimum Gasteiger partial charge on any atom is -0.495 e. The highest BCUT2D eigenvalue weighted by molar-refractivity contribution is 6.32. The lowest BCUT2D eigenvalue weighted by Crippen LogP contribution is -2.03. The largest absolute Gasteiger partial charge is 0.495 e. The molecule has 1 atom stereocenters. The van der Waals surface area contributed by atoms with E-state index in [0.717, 1.165) is 12.1 Å². The molecule has 0 aliphatic rings. The fourth-order valence-electron chi connectivity index (χ4n) is 1.76. The minimum absolute atomic E-state index is 0.0115. The van der Waals surface area contributed by atoms with E-state index in [1.54, 1.807) is 12.1 Å². The molecule has 2 aromatic carbocycles. The topological polar surface area (TPSA) is 29.5 Å². The van der Waals surface area contributed by atoms with Gasteiger partial charge in [0.05, 0.1) is 12.1 Å². The molecule has 2 aromatic rings. The molecular weight excluding hydrogens is 274 g/mol. The molecule has 5 heteroatoms. The monoisotopic (exact) mass is 284 g/mol. The lowest BCUT2D eigenvalue weighted by molar-refractivity contribution is 0.214. The van der Waals surface area contributed by atoms with Crippen molar-refractivity contribution in [2.45, 2.75) is 6.10 Å². The Bertz CT molecular complexity index is 602. The Labute approximate surface area is 114 Å². The van der Waals surface area contributed by atoms with E-state index in [2.05, 4.69) is 0 Å². The van der Waals surface area contributed by atoms with Crippen LogP contribution in [-0.4, -0.2) is 12.2 Å². The first-order valence-electron chi connectivity index (χ1n) is 5.49. The normalized spacial score (nSPS) is 12.3. The summed E-state index contributed by atoms with van der Waals surface area (Å²) in [6, 6.07) is 7.64. The zero-order valence-electron chi connectivity index (χ0n) is 10.0. The summed E-state index contributed by atoms with van der Waals surface area (Å²) < 4.78 is 31.4. The summed E-state index contributed by atoms with van der Waals surface area (Å²) in [6.07, 6.45) is -1.22. The number of hydrogen-bond donors (Lipinski definition) is 1. The van der Waals surface area contributed by atoms with Crippen molar-refractivity contribution >= 4 is 11.6 Å². The fraction of sp³-hybridized carbons (Fsp3) is 0.143. The molecule has 2 rings (SSSR count). The third-order valence-electron chi connectivity index (χ3n) is 2.75. The molecular formula is C14H11ClF2O2. The van der Waals surface area contributed by atoms with Gasteiger partial charge in [-0.1, -0.05) is 23.7 Å². The van der Waals surface area contributed by atoms with E-state index < -0.39 is 17.7 Å². The minimum atomic E-state index is -1.22. The first kappa shape index (κ1) is 13.8. The van der Waals surface area contributed by atoms with Crippen molar-refractivity contribution in [2.24, 2.45) is 0 Å². The van der Waals surface area contributed by atoms with Gasteiger partial charge in [-0.2, -0.15) is 0 Å². The van der Waals surface area contributed by atoms with Gasteiger partial charge >= 0.3 is 0 Å². The Balaban J connectivity index is 2.38. The van der Waals surface area contributed by atoms with Crippen molar-refractivity contribution in [1.29, 1.82) is 0 Å². The molecule has 2 nitrogen and oxygen atoms in total. The number of aliphatic hydroxyl groups is 1. The average Bonchev–Trinajstić information content (AvgIpc) is 2.38. The molecule has 0 fully saturated rings. The second kappa shape index (κ2) is 5.55. The summed E-state index contributed by atoms with van der Waals surface area (Å²) in [5.74, 6) is -1.04. The molecule has 0 aromatic heterocycles. The molecule has 100 valence electrons. The molecule has 0 amide bonds. The van der Waals surface area contributed by atoms with Gasteiger partial charge in [-0.05, 0) is 23.8 Å². The highest BCUT2D eigenvalue weighted by Gasteiger charge is 2.16. The van der Waals surface area contributed by atoms with Gasteiger partial charge in [0.1, 0.15) is 23.5 Å². The molecule has 1 unspecified atom stereocenters. The van der Waals surface area contributed by atoms with Crippen molar-refractivity contribution < 1.29 is 18.6 Å². The van der Waals surface area contributed by atoms with E-state index >= 15 is 0 Å². The van der Waals surface area contributed by atoms with Gasteiger partial charge in [-0.15, -0.1) is 0 Å². The summed E-state index contributed by atoms with van der Waals surface area (Å²) in [5.41, 5.74) is 0.388. The first-order chi connectivity index (χ1) is 9.02. The summed E-state index contributed by atoms with van der Waals surface area (Å²) in [5, 5.41) is 10.4. The van der Waals surface area contributed by atoms with E-state index in [1.807, 2.05) is 0 Å². The number of methoxy groups -OCH3 is 1. The second-order valence-electron chi connectivity index (χ2n) is 3.96. The Hall–Kier alpha value is -1.65. The van der Waals surface area contributed by atoms with Crippen LogP contribution in [0.4, 0.5) is 8.78 Å². The number of halogens is 3. The van der Waals surface area contributed by atoms with E-state index in [0.29, 0.717) is 16.3 Å². The summed E-state index contributed by atoms with van der Waals surface area (Å²) in [6.45, 7) is 0. The molecule has 19 heavy (non-hydrogen) atoms. The fourth-order valence-corrected chi connectivity index (χ4v) is 2.02. The quantitative estimate of drug-likeness (QED) is 0.931. The van der Waals surface area contributed by atoms with Crippen LogP contribution in [0.25, 0.3) is 0 Å². The van der Waals surface area contributed by atoms with Gasteiger partial charge < -0.3 is 9.84 Å². The highest BCUT2D eigenvalue weighted by atomic mass is 35.5. The molecule has 0 saturated carbocycles.